The molecular weight excluding hydrogens is 182 g/mol. The molecule has 1 aromatic rings. The fourth-order valence-corrected chi connectivity index (χ4v) is 2.81. The molecule has 1 heterocycles. The van der Waals surface area contributed by atoms with Gasteiger partial charge >= 0.3 is 0 Å². The lowest BCUT2D eigenvalue weighted by atomic mass is 9.87. The van der Waals surface area contributed by atoms with Crippen molar-refractivity contribution < 1.29 is 0 Å². The Morgan fingerprint density at radius 2 is 2.13 bits per heavy atom. The average Bonchev–Trinajstić information content (AvgIpc) is 2.65. The van der Waals surface area contributed by atoms with Crippen molar-refractivity contribution in [3.63, 3.8) is 0 Å². The Morgan fingerprint density at radius 3 is 2.80 bits per heavy atom. The Morgan fingerprint density at radius 1 is 1.33 bits per heavy atom. The zero-order valence-corrected chi connectivity index (χ0v) is 10.0. The van der Waals surface area contributed by atoms with Gasteiger partial charge in [-0.1, -0.05) is 30.7 Å². The standard InChI is InChI=1S/C14H21N/c1-4-14-13(7-8-15-14)12-6-5-10(2)9-11(12)3/h5-6,9,13-15H,4,7-8H2,1-3H3. The molecule has 0 aromatic heterocycles. The zero-order valence-electron chi connectivity index (χ0n) is 10.0. The minimum atomic E-state index is 0.686. The first-order valence-corrected chi connectivity index (χ1v) is 6.03. The maximum atomic E-state index is 3.60. The van der Waals surface area contributed by atoms with Crippen LogP contribution in [0, 0.1) is 13.8 Å². The molecule has 0 amide bonds. The highest BCUT2D eigenvalue weighted by Gasteiger charge is 2.27. The number of rotatable bonds is 2. The first-order chi connectivity index (χ1) is 7.22. The van der Waals surface area contributed by atoms with Crippen molar-refractivity contribution in [3.05, 3.63) is 34.9 Å². The summed E-state index contributed by atoms with van der Waals surface area (Å²) < 4.78 is 0. The minimum Gasteiger partial charge on any atom is -0.313 e. The SMILES string of the molecule is CCC1NCCC1c1ccc(C)cc1C. The van der Waals surface area contributed by atoms with E-state index in [1.54, 1.807) is 5.56 Å². The van der Waals surface area contributed by atoms with Gasteiger partial charge in [0.25, 0.3) is 0 Å². The molecule has 0 spiro atoms. The molecule has 1 aliphatic rings. The van der Waals surface area contributed by atoms with Crippen LogP contribution in [0.1, 0.15) is 42.4 Å². The van der Waals surface area contributed by atoms with Crippen LogP contribution in [0.25, 0.3) is 0 Å². The van der Waals surface area contributed by atoms with Crippen molar-refractivity contribution in [1.82, 2.24) is 5.32 Å². The van der Waals surface area contributed by atoms with Gasteiger partial charge < -0.3 is 5.32 Å². The summed E-state index contributed by atoms with van der Waals surface area (Å²) in [6.07, 6.45) is 2.53. The molecule has 2 rings (SSSR count). The largest absolute Gasteiger partial charge is 0.313 e. The van der Waals surface area contributed by atoms with Crippen molar-refractivity contribution in [1.29, 1.82) is 0 Å². The molecule has 0 aliphatic carbocycles. The van der Waals surface area contributed by atoms with Gasteiger partial charge in [0.1, 0.15) is 0 Å². The Labute approximate surface area is 92.9 Å². The number of hydrogen-bond donors (Lipinski definition) is 1. The Hall–Kier alpha value is -0.820. The second kappa shape index (κ2) is 4.36. The van der Waals surface area contributed by atoms with E-state index < -0.39 is 0 Å². The van der Waals surface area contributed by atoms with Gasteiger partial charge in [0.05, 0.1) is 0 Å². The van der Waals surface area contributed by atoms with Crippen molar-refractivity contribution in [2.45, 2.75) is 45.6 Å². The van der Waals surface area contributed by atoms with Gasteiger partial charge in [-0.3, -0.25) is 0 Å². The van der Waals surface area contributed by atoms with Crippen molar-refractivity contribution in [2.24, 2.45) is 0 Å². The molecule has 82 valence electrons. The van der Waals surface area contributed by atoms with E-state index in [1.165, 1.54) is 30.5 Å². The van der Waals surface area contributed by atoms with Crippen LogP contribution in [0.15, 0.2) is 18.2 Å². The number of benzene rings is 1. The molecule has 1 heteroatoms. The second-order valence-corrected chi connectivity index (χ2v) is 4.72. The van der Waals surface area contributed by atoms with E-state index in [2.05, 4.69) is 44.3 Å². The molecule has 0 saturated carbocycles. The summed E-state index contributed by atoms with van der Waals surface area (Å²) >= 11 is 0. The van der Waals surface area contributed by atoms with Crippen LogP contribution >= 0.6 is 0 Å². The molecule has 1 nitrogen and oxygen atoms in total. The maximum Gasteiger partial charge on any atom is 0.0134 e. The van der Waals surface area contributed by atoms with Crippen LogP contribution < -0.4 is 5.32 Å². The van der Waals surface area contributed by atoms with Gasteiger partial charge in [-0.05, 0) is 44.4 Å². The van der Waals surface area contributed by atoms with Crippen LogP contribution in [0.4, 0.5) is 0 Å². The highest BCUT2D eigenvalue weighted by Crippen LogP contribution is 2.31. The summed E-state index contributed by atoms with van der Waals surface area (Å²) in [6, 6.07) is 7.56. The lowest BCUT2D eigenvalue weighted by Crippen LogP contribution is -2.25. The quantitative estimate of drug-likeness (QED) is 0.778. The van der Waals surface area contributed by atoms with Crippen molar-refractivity contribution >= 4 is 0 Å². The Balaban J connectivity index is 2.28. The normalized spacial score (nSPS) is 25.8. The monoisotopic (exact) mass is 203 g/mol. The molecule has 1 saturated heterocycles. The van der Waals surface area contributed by atoms with E-state index in [0.29, 0.717) is 6.04 Å². The highest BCUT2D eigenvalue weighted by molar-refractivity contribution is 5.34. The van der Waals surface area contributed by atoms with E-state index >= 15 is 0 Å². The first-order valence-electron chi connectivity index (χ1n) is 6.03. The molecule has 15 heavy (non-hydrogen) atoms. The topological polar surface area (TPSA) is 12.0 Å². The molecule has 1 aliphatic heterocycles. The summed E-state index contributed by atoms with van der Waals surface area (Å²) in [4.78, 5) is 0. The smallest absolute Gasteiger partial charge is 0.0134 e. The third kappa shape index (κ3) is 2.07. The predicted octanol–water partition coefficient (Wildman–Crippen LogP) is 3.16. The molecule has 1 aromatic carbocycles. The van der Waals surface area contributed by atoms with Crippen molar-refractivity contribution in [2.75, 3.05) is 6.54 Å². The lowest BCUT2D eigenvalue weighted by Gasteiger charge is -2.20. The Kier molecular flexibility index (Phi) is 3.11. The molecule has 2 atom stereocenters. The van der Waals surface area contributed by atoms with E-state index in [1.807, 2.05) is 0 Å². The van der Waals surface area contributed by atoms with E-state index in [0.717, 1.165) is 5.92 Å². The van der Waals surface area contributed by atoms with Gasteiger partial charge in [0.15, 0.2) is 0 Å². The van der Waals surface area contributed by atoms with Gasteiger partial charge in [0, 0.05) is 12.0 Å². The van der Waals surface area contributed by atoms with Crippen LogP contribution in [-0.4, -0.2) is 12.6 Å². The molecule has 0 radical (unpaired) electrons. The molecular formula is C14H21N. The van der Waals surface area contributed by atoms with Gasteiger partial charge in [-0.2, -0.15) is 0 Å². The fraction of sp³-hybridized carbons (Fsp3) is 0.571. The summed E-state index contributed by atoms with van der Waals surface area (Å²) in [6.45, 7) is 7.87. The number of nitrogens with one attached hydrogen (secondary N) is 1. The minimum absolute atomic E-state index is 0.686. The van der Waals surface area contributed by atoms with Crippen molar-refractivity contribution in [3.8, 4) is 0 Å². The predicted molar refractivity (Wildman–Crippen MR) is 65.4 cm³/mol. The van der Waals surface area contributed by atoms with E-state index in [-0.39, 0.29) is 0 Å². The maximum absolute atomic E-state index is 3.60. The molecule has 2 unspecified atom stereocenters. The summed E-state index contributed by atoms with van der Waals surface area (Å²) in [5, 5.41) is 3.60. The lowest BCUT2D eigenvalue weighted by molar-refractivity contribution is 0.530. The Bertz CT molecular complexity index is 343. The second-order valence-electron chi connectivity index (χ2n) is 4.72. The zero-order chi connectivity index (χ0) is 10.8. The van der Waals surface area contributed by atoms with Gasteiger partial charge in [-0.25, -0.2) is 0 Å². The van der Waals surface area contributed by atoms with Crippen LogP contribution in [-0.2, 0) is 0 Å². The first kappa shape index (κ1) is 10.7. The number of hydrogen-bond acceptors (Lipinski definition) is 1. The summed E-state index contributed by atoms with van der Waals surface area (Å²) in [7, 11) is 0. The average molecular weight is 203 g/mol. The summed E-state index contributed by atoms with van der Waals surface area (Å²) in [5.74, 6) is 0.732. The molecule has 1 fully saturated rings. The third-order valence-electron chi connectivity index (χ3n) is 3.61. The highest BCUT2D eigenvalue weighted by atomic mass is 14.9. The van der Waals surface area contributed by atoms with E-state index in [4.69, 9.17) is 0 Å². The molecule has 1 N–H and O–H groups in total. The van der Waals surface area contributed by atoms with Crippen LogP contribution in [0.2, 0.25) is 0 Å². The summed E-state index contributed by atoms with van der Waals surface area (Å²) in [5.41, 5.74) is 4.38. The van der Waals surface area contributed by atoms with Crippen LogP contribution in [0.5, 0.6) is 0 Å². The van der Waals surface area contributed by atoms with Gasteiger partial charge in [0.2, 0.25) is 0 Å². The van der Waals surface area contributed by atoms with Gasteiger partial charge in [-0.15, -0.1) is 0 Å². The number of aryl methyl sites for hydroxylation is 2. The van der Waals surface area contributed by atoms with Crippen LogP contribution in [0.3, 0.4) is 0 Å². The molecule has 0 bridgehead atoms. The fourth-order valence-electron chi connectivity index (χ4n) is 2.81. The third-order valence-corrected chi connectivity index (χ3v) is 3.61. The van der Waals surface area contributed by atoms with E-state index in [9.17, 15) is 0 Å².